The first-order valence-electron chi connectivity index (χ1n) is 6.46. The molecule has 0 fully saturated rings. The first-order chi connectivity index (χ1) is 10.1. The van der Waals surface area contributed by atoms with Crippen LogP contribution in [0.5, 0.6) is 5.75 Å². The largest absolute Gasteiger partial charge is 0.492 e. The van der Waals surface area contributed by atoms with Gasteiger partial charge in [-0.05, 0) is 24.3 Å². The van der Waals surface area contributed by atoms with Gasteiger partial charge in [-0.1, -0.05) is 18.2 Å². The van der Waals surface area contributed by atoms with E-state index in [4.69, 9.17) is 4.74 Å². The Morgan fingerprint density at radius 2 is 1.90 bits per heavy atom. The van der Waals surface area contributed by atoms with Crippen LogP contribution < -0.4 is 4.74 Å². The van der Waals surface area contributed by atoms with Gasteiger partial charge in [-0.3, -0.25) is 4.79 Å². The fourth-order valence-corrected chi connectivity index (χ4v) is 1.80. The fourth-order valence-electron chi connectivity index (χ4n) is 1.80. The number of carbonyl (C=O) groups is 1. The van der Waals surface area contributed by atoms with E-state index >= 15 is 0 Å². The molecule has 5 heteroatoms. The zero-order valence-corrected chi connectivity index (χ0v) is 11.6. The third-order valence-electron chi connectivity index (χ3n) is 2.94. The van der Waals surface area contributed by atoms with Gasteiger partial charge in [0.1, 0.15) is 24.0 Å². The lowest BCUT2D eigenvalue weighted by Crippen LogP contribution is -2.31. The Labute approximate surface area is 121 Å². The first kappa shape index (κ1) is 15.0. The van der Waals surface area contributed by atoms with Gasteiger partial charge in [-0.25, -0.2) is 8.78 Å². The minimum Gasteiger partial charge on any atom is -0.492 e. The van der Waals surface area contributed by atoms with Crippen molar-refractivity contribution in [2.24, 2.45) is 0 Å². The summed E-state index contributed by atoms with van der Waals surface area (Å²) in [6.07, 6.45) is 0. The number of hydrogen-bond acceptors (Lipinski definition) is 2. The quantitative estimate of drug-likeness (QED) is 0.847. The Morgan fingerprint density at radius 1 is 1.14 bits per heavy atom. The molecule has 0 bridgehead atoms. The monoisotopic (exact) mass is 291 g/mol. The summed E-state index contributed by atoms with van der Waals surface area (Å²) < 4.78 is 31.8. The number of rotatable bonds is 5. The van der Waals surface area contributed by atoms with E-state index in [-0.39, 0.29) is 24.5 Å². The van der Waals surface area contributed by atoms with Gasteiger partial charge in [0.15, 0.2) is 0 Å². The molecule has 0 saturated carbocycles. The molecule has 110 valence electrons. The fraction of sp³-hybridized carbons (Fsp3) is 0.188. The van der Waals surface area contributed by atoms with E-state index in [1.54, 1.807) is 25.2 Å². The van der Waals surface area contributed by atoms with Crippen LogP contribution in [0.15, 0.2) is 48.5 Å². The van der Waals surface area contributed by atoms with Crippen molar-refractivity contribution in [1.82, 2.24) is 4.90 Å². The number of ether oxygens (including phenoxy) is 1. The Balaban J connectivity index is 1.89. The molecule has 0 aromatic heterocycles. The second-order valence-electron chi connectivity index (χ2n) is 4.51. The smallest absolute Gasteiger partial charge is 0.256 e. The number of halogens is 2. The zero-order valence-electron chi connectivity index (χ0n) is 11.6. The van der Waals surface area contributed by atoms with Gasteiger partial charge in [0.05, 0.1) is 12.1 Å². The highest BCUT2D eigenvalue weighted by Gasteiger charge is 2.15. The molecule has 0 N–H and O–H groups in total. The molecule has 1 amide bonds. The summed E-state index contributed by atoms with van der Waals surface area (Å²) in [6.45, 7) is 0.462. The van der Waals surface area contributed by atoms with Crippen molar-refractivity contribution in [3.05, 3.63) is 65.7 Å². The van der Waals surface area contributed by atoms with Crippen molar-refractivity contribution in [1.29, 1.82) is 0 Å². The Kier molecular flexibility index (Phi) is 4.87. The Hall–Kier alpha value is -2.43. The molecule has 2 aromatic carbocycles. The van der Waals surface area contributed by atoms with E-state index in [1.807, 2.05) is 0 Å². The summed E-state index contributed by atoms with van der Waals surface area (Å²) in [5, 5.41) is 0. The lowest BCUT2D eigenvalue weighted by atomic mass is 10.2. The molecule has 2 rings (SSSR count). The van der Waals surface area contributed by atoms with Crippen LogP contribution in [-0.4, -0.2) is 31.0 Å². The van der Waals surface area contributed by atoms with E-state index in [1.165, 1.54) is 35.2 Å². The topological polar surface area (TPSA) is 29.5 Å². The lowest BCUT2D eigenvalue weighted by Gasteiger charge is -2.17. The minimum atomic E-state index is -0.555. The standard InChI is InChI=1S/C16H15F2NO2/c1-19(16(20)14-7-2-3-8-15(14)18)9-10-21-13-6-4-5-12(17)11-13/h2-8,11H,9-10H2,1H3. The number of amides is 1. The van der Waals surface area contributed by atoms with Crippen molar-refractivity contribution in [2.75, 3.05) is 20.2 Å². The number of hydrogen-bond donors (Lipinski definition) is 0. The maximum absolute atomic E-state index is 13.5. The predicted molar refractivity (Wildman–Crippen MR) is 75.3 cm³/mol. The maximum Gasteiger partial charge on any atom is 0.256 e. The highest BCUT2D eigenvalue weighted by atomic mass is 19.1. The van der Waals surface area contributed by atoms with Crippen LogP contribution in [0.25, 0.3) is 0 Å². The molecule has 3 nitrogen and oxygen atoms in total. The lowest BCUT2D eigenvalue weighted by molar-refractivity contribution is 0.0769. The zero-order chi connectivity index (χ0) is 15.2. The summed E-state index contributed by atoms with van der Waals surface area (Å²) in [5.74, 6) is -0.971. The molecule has 0 aliphatic carbocycles. The molecule has 0 aliphatic rings. The minimum absolute atomic E-state index is 0.0192. The van der Waals surface area contributed by atoms with Gasteiger partial charge in [0.25, 0.3) is 5.91 Å². The maximum atomic E-state index is 13.5. The van der Waals surface area contributed by atoms with Gasteiger partial charge >= 0.3 is 0 Å². The van der Waals surface area contributed by atoms with Crippen molar-refractivity contribution in [2.45, 2.75) is 0 Å². The van der Waals surface area contributed by atoms with Gasteiger partial charge in [0.2, 0.25) is 0 Å². The van der Waals surface area contributed by atoms with Crippen LogP contribution in [-0.2, 0) is 0 Å². The molecule has 0 aliphatic heterocycles. The van der Waals surface area contributed by atoms with Crippen LogP contribution >= 0.6 is 0 Å². The van der Waals surface area contributed by atoms with Crippen LogP contribution in [0.1, 0.15) is 10.4 Å². The average molecular weight is 291 g/mol. The van der Waals surface area contributed by atoms with E-state index in [9.17, 15) is 13.6 Å². The molecule has 0 atom stereocenters. The van der Waals surface area contributed by atoms with E-state index in [2.05, 4.69) is 0 Å². The number of carbonyl (C=O) groups excluding carboxylic acids is 1. The van der Waals surface area contributed by atoms with Crippen LogP contribution in [0, 0.1) is 11.6 Å². The van der Waals surface area contributed by atoms with Crippen molar-refractivity contribution in [3.8, 4) is 5.75 Å². The highest BCUT2D eigenvalue weighted by molar-refractivity contribution is 5.94. The summed E-state index contributed by atoms with van der Waals surface area (Å²) in [5.41, 5.74) is 0.0192. The molecular weight excluding hydrogens is 276 g/mol. The first-order valence-corrected chi connectivity index (χ1v) is 6.46. The van der Waals surface area contributed by atoms with Crippen LogP contribution in [0.2, 0.25) is 0 Å². The molecule has 0 spiro atoms. The van der Waals surface area contributed by atoms with Crippen molar-refractivity contribution < 1.29 is 18.3 Å². The number of nitrogens with zero attached hydrogens (tertiary/aromatic N) is 1. The SMILES string of the molecule is CN(CCOc1cccc(F)c1)C(=O)c1ccccc1F. The summed E-state index contributed by atoms with van der Waals surface area (Å²) in [6, 6.07) is 11.6. The van der Waals surface area contributed by atoms with E-state index in [0.29, 0.717) is 5.75 Å². The Bertz CT molecular complexity index is 631. The third-order valence-corrected chi connectivity index (χ3v) is 2.94. The summed E-state index contributed by atoms with van der Waals surface area (Å²) in [4.78, 5) is 13.4. The number of likely N-dealkylation sites (N-methyl/N-ethyl adjacent to an activating group) is 1. The van der Waals surface area contributed by atoms with E-state index in [0.717, 1.165) is 0 Å². The molecule has 0 unspecified atom stereocenters. The van der Waals surface area contributed by atoms with Gasteiger partial charge in [-0.2, -0.15) is 0 Å². The van der Waals surface area contributed by atoms with Crippen molar-refractivity contribution >= 4 is 5.91 Å². The van der Waals surface area contributed by atoms with Crippen LogP contribution in [0.4, 0.5) is 8.78 Å². The molecule has 0 heterocycles. The third kappa shape index (κ3) is 4.02. The predicted octanol–water partition coefficient (Wildman–Crippen LogP) is 3.12. The molecule has 0 radical (unpaired) electrons. The molecular formula is C16H15F2NO2. The molecule has 2 aromatic rings. The second kappa shape index (κ2) is 6.83. The van der Waals surface area contributed by atoms with E-state index < -0.39 is 11.7 Å². The summed E-state index contributed by atoms with van der Waals surface area (Å²) in [7, 11) is 1.56. The highest BCUT2D eigenvalue weighted by Crippen LogP contribution is 2.12. The van der Waals surface area contributed by atoms with Crippen LogP contribution in [0.3, 0.4) is 0 Å². The second-order valence-corrected chi connectivity index (χ2v) is 4.51. The number of benzene rings is 2. The van der Waals surface area contributed by atoms with Gasteiger partial charge in [0, 0.05) is 13.1 Å². The molecule has 0 saturated heterocycles. The average Bonchev–Trinajstić information content (AvgIpc) is 2.47. The van der Waals surface area contributed by atoms with Gasteiger partial charge < -0.3 is 9.64 Å². The molecule has 21 heavy (non-hydrogen) atoms. The van der Waals surface area contributed by atoms with Crippen molar-refractivity contribution in [3.63, 3.8) is 0 Å². The Morgan fingerprint density at radius 3 is 2.62 bits per heavy atom. The van der Waals surface area contributed by atoms with Gasteiger partial charge in [-0.15, -0.1) is 0 Å². The summed E-state index contributed by atoms with van der Waals surface area (Å²) >= 11 is 0. The normalized spacial score (nSPS) is 10.2.